The van der Waals surface area contributed by atoms with Gasteiger partial charge in [-0.25, -0.2) is 0 Å². The average molecular weight is 409 g/mol. The third kappa shape index (κ3) is 4.50. The summed E-state index contributed by atoms with van der Waals surface area (Å²) in [5.74, 6) is 0.00307. The number of carbonyl (C=O) groups excluding carboxylic acids is 2. The zero-order valence-corrected chi connectivity index (χ0v) is 18.1. The van der Waals surface area contributed by atoms with Crippen molar-refractivity contribution < 1.29 is 9.59 Å². The maximum atomic E-state index is 12.7. The van der Waals surface area contributed by atoms with E-state index in [1.165, 1.54) is 5.56 Å². The molecule has 6 heteroatoms. The Kier molecular flexibility index (Phi) is 6.35. The zero-order valence-electron chi connectivity index (χ0n) is 18.1. The van der Waals surface area contributed by atoms with Crippen LogP contribution in [-0.2, 0) is 19.5 Å². The lowest BCUT2D eigenvalue weighted by molar-refractivity contribution is 0.0945. The molecule has 2 aromatic rings. The minimum atomic E-state index is -0.146. The van der Waals surface area contributed by atoms with Gasteiger partial charge in [0.05, 0.1) is 0 Å². The molecule has 0 spiro atoms. The van der Waals surface area contributed by atoms with Gasteiger partial charge in [0.1, 0.15) is 5.69 Å². The fourth-order valence-corrected chi connectivity index (χ4v) is 4.56. The quantitative estimate of drug-likeness (QED) is 0.771. The first-order valence-electron chi connectivity index (χ1n) is 11.1. The minimum absolute atomic E-state index is 0.146. The summed E-state index contributed by atoms with van der Waals surface area (Å²) in [5, 5.41) is 2.99. The van der Waals surface area contributed by atoms with E-state index < -0.39 is 0 Å². The van der Waals surface area contributed by atoms with E-state index in [0.29, 0.717) is 18.7 Å². The highest BCUT2D eigenvalue weighted by Gasteiger charge is 2.26. The molecule has 0 bridgehead atoms. The number of amides is 1. The second-order valence-corrected chi connectivity index (χ2v) is 8.46. The first-order chi connectivity index (χ1) is 14.5. The van der Waals surface area contributed by atoms with E-state index in [1.54, 1.807) is 0 Å². The molecule has 6 nitrogen and oxygen atoms in total. The molecule has 0 saturated carbocycles. The topological polar surface area (TPSA) is 68.4 Å². The Morgan fingerprint density at radius 2 is 1.70 bits per heavy atom. The molecule has 1 aliphatic heterocycles. The Morgan fingerprint density at radius 3 is 2.37 bits per heavy atom. The van der Waals surface area contributed by atoms with Crippen LogP contribution in [0.5, 0.6) is 0 Å². The minimum Gasteiger partial charge on any atom is -0.354 e. The van der Waals surface area contributed by atoms with Crippen LogP contribution in [0.4, 0.5) is 0 Å². The maximum Gasteiger partial charge on any atom is 0.268 e. The number of aromatic nitrogens is 1. The SMILES string of the molecule is CCN1CCN(Cc2ccc(CNC(=O)c3[nH]c4c(c3C)C(=O)CCC4)cc2)CC1. The lowest BCUT2D eigenvalue weighted by atomic mass is 9.94. The number of piperazine rings is 1. The lowest BCUT2D eigenvalue weighted by Gasteiger charge is -2.34. The molecule has 2 heterocycles. The predicted octanol–water partition coefficient (Wildman–Crippen LogP) is 2.91. The number of H-pyrrole nitrogens is 1. The number of rotatable bonds is 6. The smallest absolute Gasteiger partial charge is 0.268 e. The van der Waals surface area contributed by atoms with Crippen molar-refractivity contribution in [3.8, 4) is 0 Å². The van der Waals surface area contributed by atoms with Crippen molar-refractivity contribution in [2.45, 2.75) is 46.2 Å². The molecule has 1 saturated heterocycles. The molecular formula is C24H32N4O2. The number of likely N-dealkylation sites (N-methyl/N-ethyl adjacent to an activating group) is 1. The Morgan fingerprint density at radius 1 is 1.03 bits per heavy atom. The van der Waals surface area contributed by atoms with Gasteiger partial charge in [-0.1, -0.05) is 31.2 Å². The molecule has 2 N–H and O–H groups in total. The summed E-state index contributed by atoms with van der Waals surface area (Å²) < 4.78 is 0. The summed E-state index contributed by atoms with van der Waals surface area (Å²) in [6.45, 7) is 11.2. The third-order valence-electron chi connectivity index (χ3n) is 6.46. The number of benzene rings is 1. The second kappa shape index (κ2) is 9.14. The summed E-state index contributed by atoms with van der Waals surface area (Å²) in [6.07, 6.45) is 2.27. The normalized spacial score (nSPS) is 17.7. The maximum absolute atomic E-state index is 12.7. The molecule has 0 atom stereocenters. The number of hydrogen-bond donors (Lipinski definition) is 2. The van der Waals surface area contributed by atoms with Gasteiger partial charge in [0, 0.05) is 56.9 Å². The van der Waals surface area contributed by atoms with E-state index in [4.69, 9.17) is 0 Å². The highest BCUT2D eigenvalue weighted by atomic mass is 16.2. The van der Waals surface area contributed by atoms with E-state index in [-0.39, 0.29) is 11.7 Å². The number of nitrogens with zero attached hydrogens (tertiary/aromatic N) is 2. The monoisotopic (exact) mass is 408 g/mol. The van der Waals surface area contributed by atoms with Crippen molar-refractivity contribution in [2.75, 3.05) is 32.7 Å². The Labute approximate surface area is 178 Å². The standard InChI is InChI=1S/C24H32N4O2/c1-3-27-11-13-28(14-12-27)16-19-9-7-18(8-10-19)15-25-24(30)23-17(2)22-20(26-23)5-4-6-21(22)29/h7-10,26H,3-6,11-16H2,1-2H3,(H,25,30). The van der Waals surface area contributed by atoms with Crippen LogP contribution in [0.15, 0.2) is 24.3 Å². The molecule has 1 fully saturated rings. The van der Waals surface area contributed by atoms with E-state index in [1.807, 2.05) is 6.92 Å². The number of fused-ring (bicyclic) bond motifs is 1. The number of aryl methyl sites for hydroxylation is 1. The summed E-state index contributed by atoms with van der Waals surface area (Å²) in [4.78, 5) is 33.0. The van der Waals surface area contributed by atoms with Gasteiger partial charge >= 0.3 is 0 Å². The number of ketones is 1. The first kappa shape index (κ1) is 20.8. The molecule has 1 aromatic heterocycles. The van der Waals surface area contributed by atoms with E-state index in [9.17, 15) is 9.59 Å². The first-order valence-corrected chi connectivity index (χ1v) is 11.1. The van der Waals surface area contributed by atoms with Crippen molar-refractivity contribution in [1.82, 2.24) is 20.1 Å². The van der Waals surface area contributed by atoms with Crippen LogP contribution < -0.4 is 5.32 Å². The molecule has 1 aliphatic carbocycles. The summed E-state index contributed by atoms with van der Waals surface area (Å²) in [6, 6.07) is 8.50. The fourth-order valence-electron chi connectivity index (χ4n) is 4.56. The molecule has 1 amide bonds. The van der Waals surface area contributed by atoms with Crippen molar-refractivity contribution >= 4 is 11.7 Å². The van der Waals surface area contributed by atoms with Gasteiger partial charge in [-0.05, 0) is 43.0 Å². The summed E-state index contributed by atoms with van der Waals surface area (Å²) in [7, 11) is 0. The van der Waals surface area contributed by atoms with Crippen LogP contribution >= 0.6 is 0 Å². The molecule has 160 valence electrons. The third-order valence-corrected chi connectivity index (χ3v) is 6.46. The van der Waals surface area contributed by atoms with Crippen molar-refractivity contribution in [2.24, 2.45) is 0 Å². The second-order valence-electron chi connectivity index (χ2n) is 8.46. The average Bonchev–Trinajstić information content (AvgIpc) is 3.11. The Bertz CT molecular complexity index is 908. The lowest BCUT2D eigenvalue weighted by Crippen LogP contribution is -2.45. The summed E-state index contributed by atoms with van der Waals surface area (Å²) in [5.41, 5.74) is 5.34. The van der Waals surface area contributed by atoms with Crippen molar-refractivity contribution in [3.63, 3.8) is 0 Å². The number of aromatic amines is 1. The highest BCUT2D eigenvalue weighted by Crippen LogP contribution is 2.26. The van der Waals surface area contributed by atoms with Crippen LogP contribution in [0.25, 0.3) is 0 Å². The van der Waals surface area contributed by atoms with E-state index in [2.05, 4.69) is 51.3 Å². The van der Waals surface area contributed by atoms with Gasteiger partial charge in [-0.15, -0.1) is 0 Å². The zero-order chi connectivity index (χ0) is 21.1. The molecule has 0 unspecified atom stereocenters. The highest BCUT2D eigenvalue weighted by molar-refractivity contribution is 6.04. The van der Waals surface area contributed by atoms with Gasteiger partial charge in [-0.3, -0.25) is 14.5 Å². The summed E-state index contributed by atoms with van der Waals surface area (Å²) >= 11 is 0. The number of Topliss-reactive ketones (excluding diaryl/α,β-unsaturated/α-hetero) is 1. The van der Waals surface area contributed by atoms with Crippen molar-refractivity contribution in [1.29, 1.82) is 0 Å². The number of nitrogens with one attached hydrogen (secondary N) is 2. The Balaban J connectivity index is 1.31. The predicted molar refractivity (Wildman–Crippen MR) is 118 cm³/mol. The van der Waals surface area contributed by atoms with Crippen LogP contribution in [0.3, 0.4) is 0 Å². The van der Waals surface area contributed by atoms with Crippen LogP contribution in [0, 0.1) is 6.92 Å². The van der Waals surface area contributed by atoms with Crippen LogP contribution in [0.1, 0.15) is 63.0 Å². The largest absolute Gasteiger partial charge is 0.354 e. The van der Waals surface area contributed by atoms with Gasteiger partial charge in [0.25, 0.3) is 5.91 Å². The van der Waals surface area contributed by atoms with Gasteiger partial charge in [-0.2, -0.15) is 0 Å². The van der Waals surface area contributed by atoms with Gasteiger partial charge in [0.2, 0.25) is 0 Å². The van der Waals surface area contributed by atoms with Crippen molar-refractivity contribution in [3.05, 3.63) is 57.9 Å². The van der Waals surface area contributed by atoms with Crippen LogP contribution in [-0.4, -0.2) is 59.2 Å². The molecule has 1 aromatic carbocycles. The molecular weight excluding hydrogens is 376 g/mol. The molecule has 0 radical (unpaired) electrons. The number of hydrogen-bond acceptors (Lipinski definition) is 4. The van der Waals surface area contributed by atoms with Gasteiger partial charge in [0.15, 0.2) is 5.78 Å². The number of carbonyl (C=O) groups is 2. The fraction of sp³-hybridized carbons (Fsp3) is 0.500. The molecule has 4 rings (SSSR count). The molecule has 30 heavy (non-hydrogen) atoms. The van der Waals surface area contributed by atoms with E-state index in [0.717, 1.165) is 74.5 Å². The van der Waals surface area contributed by atoms with Crippen LogP contribution in [0.2, 0.25) is 0 Å². The Hall–Kier alpha value is -2.44. The molecule has 2 aliphatic rings. The van der Waals surface area contributed by atoms with Gasteiger partial charge < -0.3 is 15.2 Å². The van der Waals surface area contributed by atoms with E-state index >= 15 is 0 Å².